The first-order chi connectivity index (χ1) is 15.7. The van der Waals surface area contributed by atoms with Crippen LogP contribution in [0.5, 0.6) is 0 Å². The zero-order valence-corrected chi connectivity index (χ0v) is 19.0. The predicted molar refractivity (Wildman–Crippen MR) is 117 cm³/mol. The van der Waals surface area contributed by atoms with E-state index in [2.05, 4.69) is 0 Å². The molecule has 0 N–H and O–H groups in total. The number of esters is 2. The summed E-state index contributed by atoms with van der Waals surface area (Å²) in [7, 11) is 0. The predicted octanol–water partition coefficient (Wildman–Crippen LogP) is 1.94. The van der Waals surface area contributed by atoms with Crippen molar-refractivity contribution in [1.82, 2.24) is 9.13 Å². The van der Waals surface area contributed by atoms with Gasteiger partial charge in [-0.2, -0.15) is 0 Å². The Balaban J connectivity index is 1.58. The highest BCUT2D eigenvalue weighted by atomic mass is 16.6. The van der Waals surface area contributed by atoms with Gasteiger partial charge in [-0.15, -0.1) is 0 Å². The first kappa shape index (κ1) is 23.0. The summed E-state index contributed by atoms with van der Waals surface area (Å²) in [5, 5.41) is 0. The Morgan fingerprint density at radius 1 is 1.12 bits per heavy atom. The molecule has 2 aliphatic rings. The molecule has 1 aromatic heterocycles. The van der Waals surface area contributed by atoms with Crippen LogP contribution in [-0.4, -0.2) is 33.8 Å². The molecule has 0 radical (unpaired) electrons. The topological polar surface area (TPSA) is 106 Å². The third-order valence-electron chi connectivity index (χ3n) is 6.65. The number of hydrogen-bond acceptors (Lipinski definition) is 7. The lowest BCUT2D eigenvalue weighted by atomic mass is 10.0. The molecule has 1 heterocycles. The number of hydrogen-bond donors (Lipinski definition) is 0. The summed E-state index contributed by atoms with van der Waals surface area (Å²) in [6.07, 6.45) is 2.17. The van der Waals surface area contributed by atoms with Crippen molar-refractivity contribution in [2.24, 2.45) is 11.3 Å². The van der Waals surface area contributed by atoms with E-state index in [9.17, 15) is 19.2 Å². The molecule has 1 aromatic carbocycles. The van der Waals surface area contributed by atoms with E-state index in [0.717, 1.165) is 10.1 Å². The molecule has 33 heavy (non-hydrogen) atoms. The van der Waals surface area contributed by atoms with Crippen LogP contribution in [0.3, 0.4) is 0 Å². The zero-order valence-electron chi connectivity index (χ0n) is 19.0. The van der Waals surface area contributed by atoms with Gasteiger partial charge in [-0.25, -0.2) is 9.36 Å². The molecule has 2 saturated carbocycles. The summed E-state index contributed by atoms with van der Waals surface area (Å²) in [6, 6.07) is 9.21. The van der Waals surface area contributed by atoms with Gasteiger partial charge in [-0.3, -0.25) is 19.0 Å². The van der Waals surface area contributed by atoms with Crippen molar-refractivity contribution in [1.29, 1.82) is 0 Å². The van der Waals surface area contributed by atoms with E-state index < -0.39 is 34.7 Å². The maximum atomic E-state index is 13.3. The van der Waals surface area contributed by atoms with E-state index in [1.54, 1.807) is 17.7 Å². The van der Waals surface area contributed by atoms with Gasteiger partial charge in [0.05, 0.1) is 6.61 Å². The minimum atomic E-state index is -0.500. The normalized spacial score (nSPS) is 25.4. The Hall–Kier alpha value is -3.20. The van der Waals surface area contributed by atoms with Crippen molar-refractivity contribution in [3.63, 3.8) is 0 Å². The molecule has 0 saturated heterocycles. The van der Waals surface area contributed by atoms with Crippen molar-refractivity contribution in [3.05, 3.63) is 68.5 Å². The second-order valence-corrected chi connectivity index (χ2v) is 8.92. The molecule has 2 fully saturated rings. The lowest BCUT2D eigenvalue weighted by Crippen LogP contribution is -2.42. The highest BCUT2D eigenvalue weighted by Crippen LogP contribution is 2.68. The first-order valence-electron chi connectivity index (χ1n) is 11.0. The quantitative estimate of drug-likeness (QED) is 0.559. The summed E-state index contributed by atoms with van der Waals surface area (Å²) >= 11 is 0. The maximum Gasteiger partial charge on any atom is 0.333 e. The van der Waals surface area contributed by atoms with Gasteiger partial charge in [0.25, 0.3) is 5.56 Å². The van der Waals surface area contributed by atoms with Gasteiger partial charge in [0.2, 0.25) is 0 Å². The molecule has 0 unspecified atom stereocenters. The van der Waals surface area contributed by atoms with Gasteiger partial charge in [0.15, 0.2) is 0 Å². The molecule has 4 rings (SSSR count). The highest BCUT2D eigenvalue weighted by Gasteiger charge is 2.70. The number of rotatable bonds is 8. The molecule has 0 aliphatic heterocycles. The van der Waals surface area contributed by atoms with Gasteiger partial charge in [-0.1, -0.05) is 30.3 Å². The molecular weight excluding hydrogens is 428 g/mol. The first-order valence-corrected chi connectivity index (χ1v) is 11.0. The number of nitrogens with zero attached hydrogens (tertiary/aromatic N) is 2. The molecular formula is C24H28N2O7. The number of aryl methyl sites for hydroxylation is 1. The highest BCUT2D eigenvalue weighted by molar-refractivity contribution is 5.67. The molecule has 9 nitrogen and oxygen atoms in total. The Morgan fingerprint density at radius 2 is 1.85 bits per heavy atom. The third-order valence-corrected chi connectivity index (χ3v) is 6.65. The fourth-order valence-corrected chi connectivity index (χ4v) is 4.97. The summed E-state index contributed by atoms with van der Waals surface area (Å²) < 4.78 is 19.1. The minimum Gasteiger partial charge on any atom is -0.465 e. The summed E-state index contributed by atoms with van der Waals surface area (Å²) in [6.45, 7) is 4.56. The summed E-state index contributed by atoms with van der Waals surface area (Å²) in [5.41, 5.74) is -0.0201. The Morgan fingerprint density at radius 3 is 2.52 bits per heavy atom. The number of carbonyl (C=O) groups is 2. The van der Waals surface area contributed by atoms with Crippen LogP contribution in [0.1, 0.15) is 43.9 Å². The van der Waals surface area contributed by atoms with Crippen molar-refractivity contribution in [2.45, 2.75) is 59.1 Å². The second kappa shape index (κ2) is 8.97. The SMILES string of the molecule is CC(=O)OC[C@@]12C[C@@H]1[C@@H](n1cc(C)c(=O)n(COCc3ccccc3)c1=O)C[C@@H]2OC(C)=O. The number of fused-ring (bicyclic) bond motifs is 1. The molecule has 0 amide bonds. The number of ether oxygens (including phenoxy) is 3. The molecule has 2 aliphatic carbocycles. The van der Waals surface area contributed by atoms with E-state index in [1.807, 2.05) is 30.3 Å². The minimum absolute atomic E-state index is 0.00510. The van der Waals surface area contributed by atoms with Crippen LogP contribution in [-0.2, 0) is 37.1 Å². The number of aromatic nitrogens is 2. The smallest absolute Gasteiger partial charge is 0.333 e. The third kappa shape index (κ3) is 4.50. The molecule has 0 spiro atoms. The molecule has 9 heteroatoms. The zero-order chi connectivity index (χ0) is 23.8. The molecule has 176 valence electrons. The van der Waals surface area contributed by atoms with Crippen molar-refractivity contribution >= 4 is 11.9 Å². The lowest BCUT2D eigenvalue weighted by Gasteiger charge is -2.23. The van der Waals surface area contributed by atoms with Gasteiger partial charge < -0.3 is 14.2 Å². The maximum absolute atomic E-state index is 13.3. The van der Waals surface area contributed by atoms with Crippen LogP contribution in [0.15, 0.2) is 46.1 Å². The van der Waals surface area contributed by atoms with Crippen molar-refractivity contribution < 1.29 is 23.8 Å². The average Bonchev–Trinajstić information content (AvgIpc) is 3.44. The fraction of sp³-hybridized carbons (Fsp3) is 0.500. The van der Waals surface area contributed by atoms with Crippen LogP contribution < -0.4 is 11.2 Å². The summed E-state index contributed by atoms with van der Waals surface area (Å²) in [5.74, 6) is -0.831. The van der Waals surface area contributed by atoms with Gasteiger partial charge in [-0.05, 0) is 24.8 Å². The van der Waals surface area contributed by atoms with Crippen LogP contribution in [0.4, 0.5) is 0 Å². The average molecular weight is 456 g/mol. The van der Waals surface area contributed by atoms with Crippen molar-refractivity contribution in [3.8, 4) is 0 Å². The fourth-order valence-electron chi connectivity index (χ4n) is 4.97. The monoisotopic (exact) mass is 456 g/mol. The Kier molecular flexibility index (Phi) is 6.25. The van der Waals surface area contributed by atoms with E-state index in [1.165, 1.54) is 13.8 Å². The van der Waals surface area contributed by atoms with E-state index in [0.29, 0.717) is 18.4 Å². The van der Waals surface area contributed by atoms with Gasteiger partial charge in [0.1, 0.15) is 19.4 Å². The largest absolute Gasteiger partial charge is 0.465 e. The second-order valence-electron chi connectivity index (χ2n) is 8.92. The van der Waals surface area contributed by atoms with Gasteiger partial charge >= 0.3 is 17.6 Å². The van der Waals surface area contributed by atoms with Crippen LogP contribution in [0.2, 0.25) is 0 Å². The van der Waals surface area contributed by atoms with E-state index in [4.69, 9.17) is 14.2 Å². The Labute approximate surface area is 190 Å². The van der Waals surface area contributed by atoms with Crippen LogP contribution >= 0.6 is 0 Å². The van der Waals surface area contributed by atoms with Gasteiger partial charge in [0, 0.05) is 43.5 Å². The molecule has 4 atom stereocenters. The van der Waals surface area contributed by atoms with Crippen molar-refractivity contribution in [2.75, 3.05) is 6.61 Å². The summed E-state index contributed by atoms with van der Waals surface area (Å²) in [4.78, 5) is 49.0. The van der Waals surface area contributed by atoms with Crippen LogP contribution in [0, 0.1) is 18.3 Å². The van der Waals surface area contributed by atoms with E-state index in [-0.39, 0.29) is 31.9 Å². The standard InChI is InChI=1S/C24H28N2O7/c1-15-11-25(23(30)26(22(15)29)14-31-12-18-7-5-4-6-8-18)20-9-21(33-17(3)28)24(10-19(20)24)13-32-16(2)27/h4-8,11,19-21H,9-10,12-14H2,1-3H3/t19-,20+,21+,24+/m1/s1. The molecule has 2 aromatic rings. The van der Waals surface area contributed by atoms with Crippen LogP contribution in [0.25, 0.3) is 0 Å². The number of carbonyl (C=O) groups excluding carboxylic acids is 2. The Bertz CT molecular complexity index is 1170. The van der Waals surface area contributed by atoms with E-state index >= 15 is 0 Å². The molecule has 0 bridgehead atoms. The number of benzene rings is 1. The lowest BCUT2D eigenvalue weighted by molar-refractivity contribution is -0.153.